The zero-order valence-corrected chi connectivity index (χ0v) is 17.9. The van der Waals surface area contributed by atoms with Gasteiger partial charge in [0.05, 0.1) is 10.6 Å². The zero-order valence-electron chi connectivity index (χ0n) is 17.0. The Hall–Kier alpha value is -3.11. The number of fused-ring (bicyclic) bond motifs is 2. The number of sulfonamides is 1. The molecule has 0 saturated carbocycles. The van der Waals surface area contributed by atoms with Crippen molar-refractivity contribution in [1.29, 1.82) is 0 Å². The second kappa shape index (κ2) is 8.94. The Kier molecular flexibility index (Phi) is 6.10. The molecule has 0 amide bonds. The van der Waals surface area contributed by atoms with E-state index in [0.29, 0.717) is 36.8 Å². The van der Waals surface area contributed by atoms with Gasteiger partial charge < -0.3 is 18.6 Å². The van der Waals surface area contributed by atoms with Crippen molar-refractivity contribution in [2.45, 2.75) is 31.3 Å². The van der Waals surface area contributed by atoms with Gasteiger partial charge in [-0.3, -0.25) is 4.79 Å². The minimum absolute atomic E-state index is 0.0723. The van der Waals surface area contributed by atoms with Gasteiger partial charge in [-0.2, -0.15) is 0 Å². The molecule has 1 aliphatic heterocycles. The van der Waals surface area contributed by atoms with Gasteiger partial charge in [0.2, 0.25) is 10.0 Å². The van der Waals surface area contributed by atoms with E-state index in [4.69, 9.17) is 14.2 Å². The van der Waals surface area contributed by atoms with Crippen LogP contribution < -0.4 is 14.2 Å². The molecule has 0 aliphatic carbocycles. The summed E-state index contributed by atoms with van der Waals surface area (Å²) in [5.74, 6) is 0.515. The molecule has 0 atom stereocenters. The van der Waals surface area contributed by atoms with Crippen LogP contribution in [0.5, 0.6) is 11.5 Å². The molecule has 31 heavy (non-hydrogen) atoms. The molecule has 10 heteroatoms. The zero-order chi connectivity index (χ0) is 21.8. The molecule has 164 valence electrons. The molecule has 3 heterocycles. The number of aromatic nitrogens is 2. The predicted octanol–water partition coefficient (Wildman–Crippen LogP) is 2.22. The number of esters is 1. The van der Waals surface area contributed by atoms with Gasteiger partial charge >= 0.3 is 5.97 Å². The van der Waals surface area contributed by atoms with Crippen molar-refractivity contribution in [3.05, 3.63) is 54.0 Å². The molecule has 0 radical (unpaired) electrons. The summed E-state index contributed by atoms with van der Waals surface area (Å²) in [5, 5.41) is 0. The molecule has 1 N–H and O–H groups in total. The van der Waals surface area contributed by atoms with Crippen LogP contribution in [0.1, 0.15) is 24.1 Å². The van der Waals surface area contributed by atoms with Gasteiger partial charge in [-0.1, -0.05) is 6.07 Å². The maximum absolute atomic E-state index is 12.5. The fourth-order valence-corrected chi connectivity index (χ4v) is 4.30. The first-order valence-corrected chi connectivity index (χ1v) is 11.4. The first-order valence-electron chi connectivity index (χ1n) is 9.90. The number of nitrogens with one attached hydrogen (secondary N) is 1. The summed E-state index contributed by atoms with van der Waals surface area (Å²) in [7, 11) is -3.72. The Morgan fingerprint density at radius 1 is 1.23 bits per heavy atom. The van der Waals surface area contributed by atoms with E-state index in [1.165, 1.54) is 12.1 Å². The lowest BCUT2D eigenvalue weighted by Crippen LogP contribution is -2.25. The summed E-state index contributed by atoms with van der Waals surface area (Å²) in [4.78, 5) is 16.5. The van der Waals surface area contributed by atoms with E-state index in [2.05, 4.69) is 9.71 Å². The van der Waals surface area contributed by atoms with Crippen LogP contribution in [0.4, 0.5) is 0 Å². The highest BCUT2D eigenvalue weighted by molar-refractivity contribution is 7.89. The van der Waals surface area contributed by atoms with Crippen molar-refractivity contribution < 1.29 is 27.4 Å². The molecule has 1 aliphatic rings. The molecular formula is C21H23N3O6S. The highest BCUT2D eigenvalue weighted by Gasteiger charge is 2.19. The van der Waals surface area contributed by atoms with Gasteiger partial charge in [-0.15, -0.1) is 0 Å². The molecule has 0 fully saturated rings. The third kappa shape index (κ3) is 4.97. The van der Waals surface area contributed by atoms with Crippen LogP contribution in [-0.2, 0) is 26.2 Å². The Labute approximate surface area is 180 Å². The number of pyridine rings is 1. The third-order valence-corrected chi connectivity index (χ3v) is 6.24. The second-order valence-corrected chi connectivity index (χ2v) is 8.89. The second-order valence-electron chi connectivity index (χ2n) is 7.12. The summed E-state index contributed by atoms with van der Waals surface area (Å²) < 4.78 is 45.3. The Morgan fingerprint density at radius 3 is 2.84 bits per heavy atom. The molecule has 0 unspecified atom stereocenters. The maximum atomic E-state index is 12.5. The number of aryl methyl sites for hydroxylation is 1. The Balaban J connectivity index is 1.23. The molecule has 9 nitrogen and oxygen atoms in total. The average molecular weight is 445 g/mol. The smallest absolute Gasteiger partial charge is 0.306 e. The highest BCUT2D eigenvalue weighted by atomic mass is 32.2. The summed E-state index contributed by atoms with van der Waals surface area (Å²) in [5.41, 5.74) is 2.51. The summed E-state index contributed by atoms with van der Waals surface area (Å²) in [6, 6.07) is 8.35. The lowest BCUT2D eigenvalue weighted by molar-refractivity contribution is -0.145. The molecule has 1 aromatic carbocycles. The fraction of sp³-hybridized carbons (Fsp3) is 0.333. The van der Waals surface area contributed by atoms with Gasteiger partial charge in [0.25, 0.3) is 0 Å². The van der Waals surface area contributed by atoms with Crippen molar-refractivity contribution in [3.63, 3.8) is 0 Å². The van der Waals surface area contributed by atoms with Gasteiger partial charge in [0.1, 0.15) is 25.5 Å². The number of rotatable bonds is 8. The maximum Gasteiger partial charge on any atom is 0.306 e. The monoisotopic (exact) mass is 445 g/mol. The van der Waals surface area contributed by atoms with Crippen LogP contribution >= 0.6 is 0 Å². The average Bonchev–Trinajstić information content (AvgIpc) is 3.19. The van der Waals surface area contributed by atoms with Crippen molar-refractivity contribution in [2.75, 3.05) is 19.8 Å². The SMILES string of the molecule is Cc1cccn2cc(COC(=O)CCCNS(=O)(=O)c3ccc4c(c3)OCCO4)nc12. The van der Waals surface area contributed by atoms with Gasteiger partial charge in [-0.05, 0) is 37.1 Å². The predicted molar refractivity (Wildman–Crippen MR) is 112 cm³/mol. The molecule has 0 saturated heterocycles. The van der Waals surface area contributed by atoms with E-state index in [-0.39, 0.29) is 24.5 Å². The number of hydrogen-bond acceptors (Lipinski definition) is 7. The van der Waals surface area contributed by atoms with Gasteiger partial charge in [0, 0.05) is 31.4 Å². The number of ether oxygens (including phenoxy) is 3. The van der Waals surface area contributed by atoms with Crippen LogP contribution in [-0.4, -0.2) is 43.5 Å². The van der Waals surface area contributed by atoms with Crippen LogP contribution in [0.3, 0.4) is 0 Å². The van der Waals surface area contributed by atoms with E-state index in [0.717, 1.165) is 11.2 Å². The van der Waals surface area contributed by atoms with Crippen molar-refractivity contribution in [2.24, 2.45) is 0 Å². The van der Waals surface area contributed by atoms with Crippen molar-refractivity contribution in [3.8, 4) is 11.5 Å². The number of carbonyl (C=O) groups excluding carboxylic acids is 1. The van der Waals surface area contributed by atoms with Crippen LogP contribution in [0.2, 0.25) is 0 Å². The molecular weight excluding hydrogens is 422 g/mol. The largest absolute Gasteiger partial charge is 0.486 e. The number of imidazole rings is 1. The number of hydrogen-bond donors (Lipinski definition) is 1. The standard InChI is InChI=1S/C21H23N3O6S/c1-15-4-3-9-24-13-16(23-21(15)24)14-30-20(25)5-2-8-22-31(26,27)17-6-7-18-19(12-17)29-11-10-28-18/h3-4,6-7,9,12-13,22H,2,5,8,10-11,14H2,1H3. The minimum Gasteiger partial charge on any atom is -0.486 e. The number of benzene rings is 1. The highest BCUT2D eigenvalue weighted by Crippen LogP contribution is 2.32. The van der Waals surface area contributed by atoms with E-state index in [1.54, 1.807) is 6.07 Å². The molecule has 4 rings (SSSR count). The van der Waals surface area contributed by atoms with Crippen molar-refractivity contribution >= 4 is 21.6 Å². The van der Waals surface area contributed by atoms with Gasteiger partial charge in [-0.25, -0.2) is 18.1 Å². The first-order chi connectivity index (χ1) is 14.9. The van der Waals surface area contributed by atoms with Crippen LogP contribution in [0.15, 0.2) is 47.6 Å². The molecule has 0 spiro atoms. The van der Waals surface area contributed by atoms with E-state index >= 15 is 0 Å². The number of nitrogens with zero attached hydrogens (tertiary/aromatic N) is 2. The van der Waals surface area contributed by atoms with Crippen LogP contribution in [0, 0.1) is 6.92 Å². The summed E-state index contributed by atoms with van der Waals surface area (Å²) >= 11 is 0. The fourth-order valence-electron chi connectivity index (χ4n) is 3.21. The van der Waals surface area contributed by atoms with Gasteiger partial charge in [0.15, 0.2) is 11.5 Å². The quantitative estimate of drug-likeness (QED) is 0.418. The Bertz CT molecular complexity index is 1210. The molecule has 0 bridgehead atoms. The van der Waals surface area contributed by atoms with Crippen molar-refractivity contribution in [1.82, 2.24) is 14.1 Å². The topological polar surface area (TPSA) is 108 Å². The van der Waals surface area contributed by atoms with E-state index < -0.39 is 16.0 Å². The van der Waals surface area contributed by atoms with Crippen LogP contribution in [0.25, 0.3) is 5.65 Å². The molecule has 2 aromatic heterocycles. The first kappa shape index (κ1) is 21.1. The number of carbonyl (C=O) groups is 1. The lowest BCUT2D eigenvalue weighted by Gasteiger charge is -2.18. The van der Waals surface area contributed by atoms with E-state index in [1.807, 2.05) is 35.9 Å². The normalized spacial score (nSPS) is 13.3. The van der Waals surface area contributed by atoms with E-state index in [9.17, 15) is 13.2 Å². The lowest BCUT2D eigenvalue weighted by atomic mass is 10.3. The summed E-state index contributed by atoms with van der Waals surface area (Å²) in [6.45, 7) is 2.96. The third-order valence-electron chi connectivity index (χ3n) is 4.78. The Morgan fingerprint density at radius 2 is 2.03 bits per heavy atom. The summed E-state index contributed by atoms with van der Waals surface area (Å²) in [6.07, 6.45) is 4.11. The molecule has 3 aromatic rings. The minimum atomic E-state index is -3.72.